The van der Waals surface area contributed by atoms with Crippen LogP contribution < -0.4 is 9.64 Å². The number of benzene rings is 2. The van der Waals surface area contributed by atoms with Gasteiger partial charge in [0.05, 0.1) is 12.8 Å². The highest BCUT2D eigenvalue weighted by atomic mass is 32.2. The molecule has 0 atom stereocenters. The van der Waals surface area contributed by atoms with Gasteiger partial charge in [-0.25, -0.2) is 9.18 Å². The molecular weight excluding hydrogens is 425 g/mol. The van der Waals surface area contributed by atoms with Gasteiger partial charge in [-0.15, -0.1) is 11.8 Å². The summed E-state index contributed by atoms with van der Waals surface area (Å²) in [5.74, 6) is 0.0647. The van der Waals surface area contributed by atoms with Crippen molar-refractivity contribution in [3.63, 3.8) is 0 Å². The first-order valence-electron chi connectivity index (χ1n) is 11.5. The maximum Gasteiger partial charge on any atom is 0.343 e. The third-order valence-corrected chi connectivity index (χ3v) is 7.49. The molecule has 1 aliphatic rings. The third kappa shape index (κ3) is 5.97. The largest absolute Gasteiger partial charge is 0.479 e. The van der Waals surface area contributed by atoms with Crippen LogP contribution in [0.4, 0.5) is 15.8 Å². The Labute approximate surface area is 195 Å². The molecule has 0 saturated heterocycles. The molecule has 2 aromatic rings. The Morgan fingerprint density at radius 3 is 2.44 bits per heavy atom. The zero-order valence-electron chi connectivity index (χ0n) is 19.4. The van der Waals surface area contributed by atoms with Crippen molar-refractivity contribution in [2.24, 2.45) is 5.41 Å². The zero-order chi connectivity index (χ0) is 23.0. The molecule has 1 heterocycles. The fourth-order valence-corrected chi connectivity index (χ4v) is 5.57. The van der Waals surface area contributed by atoms with Gasteiger partial charge in [-0.2, -0.15) is 0 Å². The number of hydrogen-bond acceptors (Lipinski definition) is 5. The molecule has 3 rings (SSSR count). The van der Waals surface area contributed by atoms with Crippen LogP contribution in [0.25, 0.3) is 0 Å². The van der Waals surface area contributed by atoms with Crippen molar-refractivity contribution in [3.8, 4) is 5.75 Å². The second kappa shape index (κ2) is 11.6. The number of thioether (sulfide) groups is 1. The van der Waals surface area contributed by atoms with Crippen molar-refractivity contribution in [1.29, 1.82) is 0 Å². The van der Waals surface area contributed by atoms with Crippen molar-refractivity contribution in [1.82, 2.24) is 0 Å². The molecule has 0 radical (unpaired) electrons. The minimum Gasteiger partial charge on any atom is -0.479 e. The molecule has 6 heteroatoms. The Hall–Kier alpha value is -2.21. The average Bonchev–Trinajstić information content (AvgIpc) is 2.97. The van der Waals surface area contributed by atoms with Crippen LogP contribution in [-0.4, -0.2) is 32.0 Å². The molecule has 0 unspecified atom stereocenters. The van der Waals surface area contributed by atoms with E-state index in [0.29, 0.717) is 0 Å². The van der Waals surface area contributed by atoms with E-state index in [0.717, 1.165) is 54.3 Å². The van der Waals surface area contributed by atoms with E-state index in [-0.39, 0.29) is 17.8 Å². The monoisotopic (exact) mass is 459 g/mol. The first-order chi connectivity index (χ1) is 15.5. The van der Waals surface area contributed by atoms with Gasteiger partial charge in [-0.3, -0.25) is 0 Å². The van der Waals surface area contributed by atoms with Gasteiger partial charge in [0.2, 0.25) is 0 Å². The lowest BCUT2D eigenvalue weighted by atomic mass is 9.79. The summed E-state index contributed by atoms with van der Waals surface area (Å²) in [5, 5.41) is 0. The van der Waals surface area contributed by atoms with E-state index in [1.54, 1.807) is 23.9 Å². The number of fused-ring (bicyclic) bond motifs is 1. The highest BCUT2D eigenvalue weighted by Gasteiger charge is 2.36. The third-order valence-electron chi connectivity index (χ3n) is 6.09. The summed E-state index contributed by atoms with van der Waals surface area (Å²) in [5.41, 5.74) is 2.07. The molecule has 0 aliphatic carbocycles. The molecule has 32 heavy (non-hydrogen) atoms. The maximum atomic E-state index is 15.0. The zero-order valence-corrected chi connectivity index (χ0v) is 20.2. The van der Waals surface area contributed by atoms with Crippen molar-refractivity contribution < 1.29 is 18.7 Å². The standard InChI is InChI=1S/C26H34FNO3S/c1-4-6-13-26(14-7-5-2)18-28(20-11-9-8-10-12-20)22-15-21(27)23(16-24(22)32-19-26)31-17-25(29)30-3/h8-12,15-16H,4-7,13-14,17-19H2,1-3H3. The number of ether oxygens (including phenoxy) is 2. The van der Waals surface area contributed by atoms with Crippen LogP contribution in [0.15, 0.2) is 47.4 Å². The molecule has 0 N–H and O–H groups in total. The van der Waals surface area contributed by atoms with E-state index in [1.807, 2.05) is 18.2 Å². The number of esters is 1. The topological polar surface area (TPSA) is 38.8 Å². The molecule has 4 nitrogen and oxygen atoms in total. The minimum atomic E-state index is -0.531. The number of hydrogen-bond donors (Lipinski definition) is 0. The average molecular weight is 460 g/mol. The smallest absolute Gasteiger partial charge is 0.343 e. The van der Waals surface area contributed by atoms with Crippen LogP contribution in [-0.2, 0) is 9.53 Å². The van der Waals surface area contributed by atoms with Crippen LogP contribution in [0.5, 0.6) is 5.75 Å². The molecule has 0 spiro atoms. The van der Waals surface area contributed by atoms with Crippen molar-refractivity contribution in [2.45, 2.75) is 57.3 Å². The molecule has 0 bridgehead atoms. The normalized spacial score (nSPS) is 15.1. The Morgan fingerprint density at radius 2 is 1.81 bits per heavy atom. The highest BCUT2D eigenvalue weighted by Crippen LogP contribution is 2.48. The summed E-state index contributed by atoms with van der Waals surface area (Å²) < 4.78 is 25.1. The number of nitrogens with zero attached hydrogens (tertiary/aromatic N) is 1. The first-order valence-corrected chi connectivity index (χ1v) is 12.5. The number of rotatable bonds is 10. The molecule has 1 aliphatic heterocycles. The molecule has 0 fully saturated rings. The molecule has 174 valence electrons. The molecule has 0 aromatic heterocycles. The molecule has 2 aromatic carbocycles. The number of carbonyl (C=O) groups is 1. The lowest BCUT2D eigenvalue weighted by Crippen LogP contribution is -2.36. The van der Waals surface area contributed by atoms with E-state index in [9.17, 15) is 4.79 Å². The van der Waals surface area contributed by atoms with E-state index in [1.165, 1.54) is 20.0 Å². The summed E-state index contributed by atoms with van der Waals surface area (Å²) in [7, 11) is 1.29. The first kappa shape index (κ1) is 24.4. The van der Waals surface area contributed by atoms with Crippen LogP contribution >= 0.6 is 11.8 Å². The number of halogens is 1. The van der Waals surface area contributed by atoms with Crippen molar-refractivity contribution in [2.75, 3.05) is 30.9 Å². The van der Waals surface area contributed by atoms with E-state index in [4.69, 9.17) is 4.74 Å². The number of carbonyl (C=O) groups excluding carboxylic acids is 1. The fraction of sp³-hybridized carbons (Fsp3) is 0.500. The Morgan fingerprint density at radius 1 is 1.12 bits per heavy atom. The summed E-state index contributed by atoms with van der Waals surface area (Å²) >= 11 is 1.77. The molecular formula is C26H34FNO3S. The van der Waals surface area contributed by atoms with E-state index < -0.39 is 11.8 Å². The van der Waals surface area contributed by atoms with Crippen LogP contribution in [0, 0.1) is 11.2 Å². The number of methoxy groups -OCH3 is 1. The highest BCUT2D eigenvalue weighted by molar-refractivity contribution is 7.99. The predicted octanol–water partition coefficient (Wildman–Crippen LogP) is 6.99. The maximum absolute atomic E-state index is 15.0. The summed E-state index contributed by atoms with van der Waals surface area (Å²) in [6.45, 7) is 5.03. The second-order valence-electron chi connectivity index (χ2n) is 8.53. The Bertz CT molecular complexity index is 882. The van der Waals surface area contributed by atoms with Crippen molar-refractivity contribution in [3.05, 3.63) is 48.3 Å². The van der Waals surface area contributed by atoms with Gasteiger partial charge in [0.25, 0.3) is 0 Å². The lowest BCUT2D eigenvalue weighted by molar-refractivity contribution is -0.142. The van der Waals surface area contributed by atoms with Gasteiger partial charge in [0, 0.05) is 28.9 Å². The molecule has 0 amide bonds. The van der Waals surface area contributed by atoms with Gasteiger partial charge in [-0.05, 0) is 36.5 Å². The summed E-state index contributed by atoms with van der Waals surface area (Å²) in [6.07, 6.45) is 7.01. The summed E-state index contributed by atoms with van der Waals surface area (Å²) in [4.78, 5) is 14.7. The van der Waals surface area contributed by atoms with Gasteiger partial charge in [0.15, 0.2) is 18.2 Å². The van der Waals surface area contributed by atoms with Crippen LogP contribution in [0.1, 0.15) is 52.4 Å². The van der Waals surface area contributed by atoms with Gasteiger partial charge < -0.3 is 14.4 Å². The van der Waals surface area contributed by atoms with Gasteiger partial charge in [0.1, 0.15) is 0 Å². The number of anilines is 2. The predicted molar refractivity (Wildman–Crippen MR) is 130 cm³/mol. The SMILES string of the molecule is CCCCC1(CCCC)CSc2cc(OCC(=O)OC)c(F)cc2N(c2ccccc2)C1. The second-order valence-corrected chi connectivity index (χ2v) is 9.55. The van der Waals surface area contributed by atoms with Gasteiger partial charge >= 0.3 is 5.97 Å². The van der Waals surface area contributed by atoms with Crippen LogP contribution in [0.2, 0.25) is 0 Å². The van der Waals surface area contributed by atoms with Gasteiger partial charge in [-0.1, -0.05) is 57.7 Å². The van der Waals surface area contributed by atoms with Crippen LogP contribution in [0.3, 0.4) is 0 Å². The number of para-hydroxylation sites is 1. The van der Waals surface area contributed by atoms with E-state index in [2.05, 4.69) is 35.6 Å². The number of unbranched alkanes of at least 4 members (excludes halogenated alkanes) is 2. The van der Waals surface area contributed by atoms with E-state index >= 15 is 4.39 Å². The molecule has 0 saturated carbocycles. The van der Waals surface area contributed by atoms with Crippen molar-refractivity contribution >= 4 is 29.1 Å². The lowest BCUT2D eigenvalue weighted by Gasteiger charge is -2.37. The minimum absolute atomic E-state index is 0.0873. The fourth-order valence-electron chi connectivity index (χ4n) is 4.22. The Kier molecular flexibility index (Phi) is 8.85. The quantitative estimate of drug-likeness (QED) is 0.358. The summed E-state index contributed by atoms with van der Waals surface area (Å²) in [6, 6.07) is 13.5. The Balaban J connectivity index is 2.01.